The van der Waals surface area contributed by atoms with Crippen LogP contribution in [0.25, 0.3) is 0 Å². The van der Waals surface area contributed by atoms with Gasteiger partial charge in [-0.1, -0.05) is 37.3 Å². The number of ether oxygens (including phenoxy) is 1. The lowest BCUT2D eigenvalue weighted by molar-refractivity contribution is -0.178. The Bertz CT molecular complexity index is 729. The molecule has 2 N–H and O–H groups in total. The average molecular weight is 358 g/mol. The Morgan fingerprint density at radius 3 is 2.73 bits per heavy atom. The summed E-state index contributed by atoms with van der Waals surface area (Å²) < 4.78 is 5.46. The van der Waals surface area contributed by atoms with Gasteiger partial charge in [0.1, 0.15) is 12.3 Å². The molecule has 2 aliphatic rings. The van der Waals surface area contributed by atoms with E-state index in [-0.39, 0.29) is 18.6 Å². The Hall–Kier alpha value is -2.34. The van der Waals surface area contributed by atoms with E-state index in [4.69, 9.17) is 4.74 Å². The van der Waals surface area contributed by atoms with Gasteiger partial charge >= 0.3 is 5.97 Å². The van der Waals surface area contributed by atoms with Crippen LogP contribution >= 0.6 is 0 Å². The maximum Gasteiger partial charge on any atom is 0.357 e. The van der Waals surface area contributed by atoms with Crippen molar-refractivity contribution in [3.05, 3.63) is 47.3 Å². The fourth-order valence-corrected chi connectivity index (χ4v) is 3.64. The molecule has 0 radical (unpaired) electrons. The first-order valence-corrected chi connectivity index (χ1v) is 9.11. The fourth-order valence-electron chi connectivity index (χ4n) is 3.64. The molecule has 0 saturated carbocycles. The summed E-state index contributed by atoms with van der Waals surface area (Å²) in [6.07, 6.45) is 0.661. The number of hydrogen-bond donors (Lipinski definition) is 2. The van der Waals surface area contributed by atoms with Crippen molar-refractivity contribution in [2.45, 2.75) is 52.4 Å². The number of esters is 1. The summed E-state index contributed by atoms with van der Waals surface area (Å²) in [5, 5.41) is 13.3. The number of amides is 1. The maximum atomic E-state index is 12.7. The number of nitrogens with one attached hydrogen (secondary N) is 1. The molecule has 0 spiro atoms. The molecule has 1 aromatic rings. The standard InChI is InChI=1S/C20H26N2O4/c1-4-10-21-15-11-16-20(3,13(2)23)19(25)22(16)17(15)18(24)26-12-14-8-6-5-7-9-14/h5-9,13,16,21,23H,4,10-12H2,1-3H3. The molecular weight excluding hydrogens is 332 g/mol. The highest BCUT2D eigenvalue weighted by Gasteiger charge is 2.65. The topological polar surface area (TPSA) is 78.9 Å². The van der Waals surface area contributed by atoms with E-state index in [0.717, 1.165) is 17.7 Å². The van der Waals surface area contributed by atoms with Gasteiger partial charge in [0.2, 0.25) is 5.91 Å². The van der Waals surface area contributed by atoms with Crippen molar-refractivity contribution in [1.82, 2.24) is 10.2 Å². The summed E-state index contributed by atoms with van der Waals surface area (Å²) in [5.74, 6) is -0.728. The zero-order valence-corrected chi connectivity index (χ0v) is 15.5. The first-order valence-electron chi connectivity index (χ1n) is 9.11. The Morgan fingerprint density at radius 2 is 2.12 bits per heavy atom. The van der Waals surface area contributed by atoms with Gasteiger partial charge < -0.3 is 15.2 Å². The lowest BCUT2D eigenvalue weighted by Gasteiger charge is -2.52. The quantitative estimate of drug-likeness (QED) is 0.575. The summed E-state index contributed by atoms with van der Waals surface area (Å²) in [7, 11) is 0. The Kier molecular flexibility index (Phi) is 5.05. The van der Waals surface area contributed by atoms with Crippen molar-refractivity contribution in [1.29, 1.82) is 0 Å². The summed E-state index contributed by atoms with van der Waals surface area (Å²) in [4.78, 5) is 26.9. The van der Waals surface area contributed by atoms with Crippen LogP contribution in [0.15, 0.2) is 41.7 Å². The van der Waals surface area contributed by atoms with Gasteiger partial charge in [-0.25, -0.2) is 4.79 Å². The van der Waals surface area contributed by atoms with E-state index in [0.29, 0.717) is 18.7 Å². The highest BCUT2D eigenvalue weighted by molar-refractivity contribution is 6.02. The number of benzene rings is 1. The van der Waals surface area contributed by atoms with Gasteiger partial charge in [-0.15, -0.1) is 0 Å². The van der Waals surface area contributed by atoms with Gasteiger partial charge in [0.25, 0.3) is 0 Å². The maximum absolute atomic E-state index is 12.7. The first kappa shape index (κ1) is 18.5. The van der Waals surface area contributed by atoms with Crippen LogP contribution < -0.4 is 5.32 Å². The van der Waals surface area contributed by atoms with Crippen LogP contribution in [-0.4, -0.2) is 40.6 Å². The third-order valence-corrected chi connectivity index (χ3v) is 5.47. The molecule has 1 amide bonds. The SMILES string of the molecule is CCCNC1=C(C(=O)OCc2ccccc2)N2C(=O)C(C)(C(C)O)C2C1. The van der Waals surface area contributed by atoms with Gasteiger partial charge in [-0.2, -0.15) is 0 Å². The van der Waals surface area contributed by atoms with Crippen LogP contribution in [0.4, 0.5) is 0 Å². The fraction of sp³-hybridized carbons (Fsp3) is 0.500. The zero-order chi connectivity index (χ0) is 18.9. The monoisotopic (exact) mass is 358 g/mol. The minimum absolute atomic E-state index is 0.157. The van der Waals surface area contributed by atoms with Crippen LogP contribution in [0.5, 0.6) is 0 Å². The van der Waals surface area contributed by atoms with E-state index in [1.165, 1.54) is 4.90 Å². The molecule has 1 fully saturated rings. The number of nitrogens with zero attached hydrogens (tertiary/aromatic N) is 1. The van der Waals surface area contributed by atoms with Crippen molar-refractivity contribution in [2.75, 3.05) is 6.54 Å². The second-order valence-electron chi connectivity index (χ2n) is 7.17. The van der Waals surface area contributed by atoms with Crippen molar-refractivity contribution in [3.63, 3.8) is 0 Å². The minimum atomic E-state index is -0.861. The van der Waals surface area contributed by atoms with E-state index in [1.807, 2.05) is 37.3 Å². The number of hydrogen-bond acceptors (Lipinski definition) is 5. The van der Waals surface area contributed by atoms with Crippen molar-refractivity contribution in [3.8, 4) is 0 Å². The molecule has 6 nitrogen and oxygen atoms in total. The smallest absolute Gasteiger partial charge is 0.357 e. The van der Waals surface area contributed by atoms with Crippen molar-refractivity contribution >= 4 is 11.9 Å². The molecule has 1 saturated heterocycles. The molecule has 0 aromatic heterocycles. The summed E-state index contributed by atoms with van der Waals surface area (Å²) in [6.45, 7) is 6.29. The Balaban J connectivity index is 1.79. The Morgan fingerprint density at radius 1 is 1.42 bits per heavy atom. The van der Waals surface area contributed by atoms with E-state index in [9.17, 15) is 14.7 Å². The number of fused-ring (bicyclic) bond motifs is 1. The molecule has 3 atom stereocenters. The summed E-state index contributed by atoms with van der Waals surface area (Å²) in [6, 6.07) is 9.22. The second-order valence-corrected chi connectivity index (χ2v) is 7.17. The molecule has 0 aliphatic carbocycles. The third-order valence-electron chi connectivity index (χ3n) is 5.47. The molecule has 2 aliphatic heterocycles. The molecule has 0 bridgehead atoms. The predicted molar refractivity (Wildman–Crippen MR) is 96.6 cm³/mol. The van der Waals surface area contributed by atoms with Crippen LogP contribution in [-0.2, 0) is 20.9 Å². The molecular formula is C20H26N2O4. The molecule has 26 heavy (non-hydrogen) atoms. The summed E-state index contributed by atoms with van der Waals surface area (Å²) >= 11 is 0. The lowest BCUT2D eigenvalue weighted by atomic mass is 9.68. The van der Waals surface area contributed by atoms with Gasteiger partial charge in [0.05, 0.1) is 17.6 Å². The van der Waals surface area contributed by atoms with Crippen LogP contribution in [0.2, 0.25) is 0 Å². The number of carbonyl (C=O) groups excluding carboxylic acids is 2. The van der Waals surface area contributed by atoms with E-state index >= 15 is 0 Å². The number of aliphatic hydroxyl groups excluding tert-OH is 1. The van der Waals surface area contributed by atoms with Gasteiger partial charge in [-0.3, -0.25) is 9.69 Å². The average Bonchev–Trinajstić information content (AvgIpc) is 3.01. The highest BCUT2D eigenvalue weighted by atomic mass is 16.5. The molecule has 140 valence electrons. The van der Waals surface area contributed by atoms with Crippen molar-refractivity contribution < 1.29 is 19.4 Å². The molecule has 3 rings (SSSR count). The second kappa shape index (κ2) is 7.11. The number of β-lactam (4-membered cyclic amide) rings is 1. The largest absolute Gasteiger partial charge is 0.456 e. The van der Waals surface area contributed by atoms with Crippen molar-refractivity contribution in [2.24, 2.45) is 5.41 Å². The molecule has 3 unspecified atom stereocenters. The molecule has 6 heteroatoms. The highest BCUT2D eigenvalue weighted by Crippen LogP contribution is 2.51. The lowest BCUT2D eigenvalue weighted by Crippen LogP contribution is -2.69. The Labute approximate surface area is 153 Å². The molecule has 1 aromatic carbocycles. The normalized spacial score (nSPS) is 25.6. The first-order chi connectivity index (χ1) is 12.4. The van der Waals surface area contributed by atoms with Gasteiger partial charge in [0, 0.05) is 18.7 Å². The van der Waals surface area contributed by atoms with Crippen LogP contribution in [0.1, 0.15) is 39.2 Å². The predicted octanol–water partition coefficient (Wildman–Crippen LogP) is 1.94. The van der Waals surface area contributed by atoms with Crippen LogP contribution in [0.3, 0.4) is 0 Å². The number of rotatable bonds is 7. The van der Waals surface area contributed by atoms with Gasteiger partial charge in [-0.05, 0) is 25.8 Å². The van der Waals surface area contributed by atoms with Gasteiger partial charge in [0.15, 0.2) is 0 Å². The third kappa shape index (κ3) is 2.88. The van der Waals surface area contributed by atoms with E-state index in [1.54, 1.807) is 13.8 Å². The minimum Gasteiger partial charge on any atom is -0.456 e. The summed E-state index contributed by atoms with van der Waals surface area (Å²) in [5.41, 5.74) is 1.05. The van der Waals surface area contributed by atoms with E-state index < -0.39 is 17.5 Å². The van der Waals surface area contributed by atoms with E-state index in [2.05, 4.69) is 5.32 Å². The zero-order valence-electron chi connectivity index (χ0n) is 15.5. The van der Waals surface area contributed by atoms with Crippen LogP contribution in [0, 0.1) is 5.41 Å². The number of aliphatic hydroxyl groups is 1. The molecule has 2 heterocycles. The number of carbonyl (C=O) groups is 2.